The van der Waals surface area contributed by atoms with Gasteiger partial charge < -0.3 is 14.8 Å². The lowest BCUT2D eigenvalue weighted by Gasteiger charge is -2.19. The average molecular weight is 539 g/mol. The molecular formula is C26H24BrFN4O3. The summed E-state index contributed by atoms with van der Waals surface area (Å²) in [5.41, 5.74) is 3.20. The minimum atomic E-state index is -0.708. The molecule has 7 nitrogen and oxygen atoms in total. The monoisotopic (exact) mass is 538 g/mol. The van der Waals surface area contributed by atoms with Crippen LogP contribution in [0.5, 0.6) is 5.75 Å². The summed E-state index contributed by atoms with van der Waals surface area (Å²) in [7, 11) is 1.36. The Balaban J connectivity index is 1.45. The Morgan fingerprint density at radius 3 is 2.74 bits per heavy atom. The van der Waals surface area contributed by atoms with Crippen LogP contribution in [0, 0.1) is 11.7 Å². The van der Waals surface area contributed by atoms with Gasteiger partial charge in [0.15, 0.2) is 5.82 Å². The highest BCUT2D eigenvalue weighted by Gasteiger charge is 2.26. The Kier molecular flexibility index (Phi) is 6.68. The minimum Gasteiger partial charge on any atom is -0.493 e. The number of rotatable bonds is 9. The first-order valence-corrected chi connectivity index (χ1v) is 12.2. The fourth-order valence-electron chi connectivity index (χ4n) is 3.94. The molecule has 0 saturated heterocycles. The van der Waals surface area contributed by atoms with E-state index in [9.17, 15) is 9.18 Å². The second kappa shape index (κ2) is 10.0. The molecule has 2 aromatic carbocycles. The van der Waals surface area contributed by atoms with Crippen molar-refractivity contribution < 1.29 is 18.7 Å². The van der Waals surface area contributed by atoms with Crippen molar-refractivity contribution in [1.29, 1.82) is 0 Å². The molecule has 1 saturated carbocycles. The van der Waals surface area contributed by atoms with Gasteiger partial charge in [-0.1, -0.05) is 30.3 Å². The number of ether oxygens (including phenoxy) is 2. The van der Waals surface area contributed by atoms with Crippen LogP contribution in [0.2, 0.25) is 0 Å². The topological polar surface area (TPSA) is 77.8 Å². The fraction of sp³-hybridized carbons (Fsp3) is 0.269. The highest BCUT2D eigenvalue weighted by Crippen LogP contribution is 2.36. The second-order valence-electron chi connectivity index (χ2n) is 8.55. The number of anilines is 1. The van der Waals surface area contributed by atoms with Gasteiger partial charge in [0.25, 0.3) is 0 Å². The summed E-state index contributed by atoms with van der Waals surface area (Å²) in [4.78, 5) is 17.2. The summed E-state index contributed by atoms with van der Waals surface area (Å²) < 4.78 is 26.9. The maximum Gasteiger partial charge on any atom is 0.328 e. The van der Waals surface area contributed by atoms with Crippen LogP contribution in [0.25, 0.3) is 16.6 Å². The molecule has 1 unspecified atom stereocenters. The van der Waals surface area contributed by atoms with E-state index in [4.69, 9.17) is 9.47 Å². The summed E-state index contributed by atoms with van der Waals surface area (Å²) in [6, 6.07) is 13.2. The van der Waals surface area contributed by atoms with Gasteiger partial charge in [-0.05, 0) is 64.0 Å². The number of fused-ring (bicyclic) bond motifs is 1. The van der Waals surface area contributed by atoms with Crippen LogP contribution >= 0.6 is 15.9 Å². The van der Waals surface area contributed by atoms with Crippen LogP contribution in [0.15, 0.2) is 65.5 Å². The maximum absolute atomic E-state index is 13.4. The number of hydrogen-bond donors (Lipinski definition) is 1. The molecule has 1 aliphatic carbocycles. The predicted octanol–water partition coefficient (Wildman–Crippen LogP) is 5.28. The quantitative estimate of drug-likeness (QED) is 0.292. The molecule has 1 atom stereocenters. The smallest absolute Gasteiger partial charge is 0.328 e. The van der Waals surface area contributed by atoms with Crippen molar-refractivity contribution in [1.82, 2.24) is 14.6 Å². The van der Waals surface area contributed by atoms with Gasteiger partial charge in [-0.3, -0.25) is 0 Å². The molecule has 4 aromatic rings. The molecule has 1 aliphatic rings. The number of hydrogen-bond acceptors (Lipinski definition) is 6. The zero-order valence-corrected chi connectivity index (χ0v) is 20.7. The number of para-hydroxylation sites is 1. The molecule has 1 N–H and O–H groups in total. The number of esters is 1. The third-order valence-corrected chi connectivity index (χ3v) is 6.83. The van der Waals surface area contributed by atoms with Gasteiger partial charge >= 0.3 is 5.97 Å². The number of carbonyl (C=O) groups is 1. The predicted molar refractivity (Wildman–Crippen MR) is 134 cm³/mol. The first kappa shape index (κ1) is 23.3. The van der Waals surface area contributed by atoms with Crippen molar-refractivity contribution >= 4 is 33.2 Å². The average Bonchev–Trinajstić information content (AvgIpc) is 3.65. The molecular weight excluding hydrogens is 515 g/mol. The largest absolute Gasteiger partial charge is 0.493 e. The van der Waals surface area contributed by atoms with Crippen LogP contribution in [-0.2, 0) is 16.0 Å². The Morgan fingerprint density at radius 2 is 2.00 bits per heavy atom. The third-order valence-electron chi connectivity index (χ3n) is 6.03. The van der Waals surface area contributed by atoms with Gasteiger partial charge in [0, 0.05) is 18.2 Å². The number of benzene rings is 2. The van der Waals surface area contributed by atoms with E-state index in [2.05, 4.69) is 31.3 Å². The van der Waals surface area contributed by atoms with Gasteiger partial charge in [-0.15, -0.1) is 0 Å². The Hall–Kier alpha value is -3.46. The minimum absolute atomic E-state index is 0.307. The lowest BCUT2D eigenvalue weighted by Crippen LogP contribution is -2.33. The van der Waals surface area contributed by atoms with Crippen molar-refractivity contribution in [2.24, 2.45) is 5.92 Å². The number of aromatic nitrogens is 3. The highest BCUT2D eigenvalue weighted by atomic mass is 79.9. The Bertz CT molecular complexity index is 1350. The summed E-state index contributed by atoms with van der Waals surface area (Å²) in [6.45, 7) is 0.684. The van der Waals surface area contributed by atoms with Crippen molar-refractivity contribution in [3.8, 4) is 16.9 Å². The van der Waals surface area contributed by atoms with Gasteiger partial charge in [-0.25, -0.2) is 18.7 Å². The third kappa shape index (κ3) is 5.14. The Morgan fingerprint density at radius 1 is 1.23 bits per heavy atom. The molecule has 2 heterocycles. The first-order chi connectivity index (χ1) is 17.0. The molecule has 9 heteroatoms. The molecule has 0 spiro atoms. The van der Waals surface area contributed by atoms with Gasteiger partial charge in [0.2, 0.25) is 0 Å². The number of nitrogens with one attached hydrogen (secondary N) is 1. The van der Waals surface area contributed by atoms with E-state index in [0.717, 1.165) is 26.9 Å². The molecule has 0 radical (unpaired) electrons. The van der Waals surface area contributed by atoms with Crippen molar-refractivity contribution in [2.75, 3.05) is 19.0 Å². The van der Waals surface area contributed by atoms with Crippen molar-refractivity contribution in [3.63, 3.8) is 0 Å². The normalized spacial score (nSPS) is 14.0. The summed E-state index contributed by atoms with van der Waals surface area (Å²) in [6.07, 6.45) is 5.99. The summed E-state index contributed by atoms with van der Waals surface area (Å²) in [5.74, 6) is 1.13. The molecule has 0 bridgehead atoms. The highest BCUT2D eigenvalue weighted by molar-refractivity contribution is 9.10. The second-order valence-corrected chi connectivity index (χ2v) is 9.34. The Labute approximate surface area is 210 Å². The van der Waals surface area contributed by atoms with E-state index in [-0.39, 0.29) is 5.82 Å². The first-order valence-electron chi connectivity index (χ1n) is 11.4. The van der Waals surface area contributed by atoms with Crippen molar-refractivity contribution in [2.45, 2.75) is 25.3 Å². The van der Waals surface area contributed by atoms with E-state index in [1.54, 1.807) is 16.6 Å². The van der Waals surface area contributed by atoms with E-state index < -0.39 is 12.0 Å². The lowest BCUT2D eigenvalue weighted by molar-refractivity contribution is -0.141. The number of methoxy groups -OCH3 is 1. The van der Waals surface area contributed by atoms with E-state index in [0.29, 0.717) is 30.3 Å². The van der Waals surface area contributed by atoms with E-state index in [1.807, 2.05) is 30.5 Å². The SMILES string of the molecule is COC(=O)C(Cc1ccccc1OCC1CC1)Nc1ncnn2cc(-c3ccc(F)cc3)c(Br)c12. The van der Waals surface area contributed by atoms with Gasteiger partial charge in [-0.2, -0.15) is 5.10 Å². The lowest BCUT2D eigenvalue weighted by atomic mass is 10.0. The molecule has 180 valence electrons. The molecule has 2 aromatic heterocycles. The maximum atomic E-state index is 13.4. The van der Waals surface area contributed by atoms with Crippen LogP contribution in [-0.4, -0.2) is 40.3 Å². The molecule has 35 heavy (non-hydrogen) atoms. The van der Waals surface area contributed by atoms with Gasteiger partial charge in [0.05, 0.1) is 18.2 Å². The van der Waals surface area contributed by atoms with Crippen LogP contribution in [0.1, 0.15) is 18.4 Å². The fourth-order valence-corrected chi connectivity index (χ4v) is 4.64. The molecule has 0 aliphatic heterocycles. The molecule has 1 fully saturated rings. The van der Waals surface area contributed by atoms with E-state index in [1.165, 1.54) is 38.4 Å². The number of carbonyl (C=O) groups excluding carboxylic acids is 1. The zero-order valence-electron chi connectivity index (χ0n) is 19.1. The molecule has 5 rings (SSSR count). The number of nitrogens with zero attached hydrogens (tertiary/aromatic N) is 3. The summed E-state index contributed by atoms with van der Waals surface area (Å²) >= 11 is 3.65. The summed E-state index contributed by atoms with van der Waals surface area (Å²) in [5, 5.41) is 7.56. The standard InChI is InChI=1S/C26H24BrFN4O3/c1-34-26(33)21(12-18-4-2-3-5-22(18)35-14-16-6-7-16)31-25-24-23(27)20(13-32(24)30-15-29-25)17-8-10-19(28)11-9-17/h2-5,8-11,13,15-16,21H,6-7,12,14H2,1H3,(H,29,30,31). The van der Waals surface area contributed by atoms with E-state index >= 15 is 0 Å². The molecule has 0 amide bonds. The zero-order chi connectivity index (χ0) is 24.4. The van der Waals surface area contributed by atoms with Crippen LogP contribution in [0.3, 0.4) is 0 Å². The van der Waals surface area contributed by atoms with Gasteiger partial charge in [0.1, 0.15) is 29.5 Å². The van der Waals surface area contributed by atoms with Crippen LogP contribution in [0.4, 0.5) is 10.2 Å². The van der Waals surface area contributed by atoms with Crippen LogP contribution < -0.4 is 10.1 Å². The number of halogens is 2. The van der Waals surface area contributed by atoms with Crippen molar-refractivity contribution in [3.05, 3.63) is 76.9 Å².